The second-order valence-corrected chi connectivity index (χ2v) is 2.18. The quantitative estimate of drug-likeness (QED) is 0.245. The molecule has 0 nitrogen and oxygen atoms in total. The van der Waals surface area contributed by atoms with Crippen molar-refractivity contribution in [3.05, 3.63) is 29.7 Å². The van der Waals surface area contributed by atoms with Crippen LogP contribution in [0.25, 0.3) is 0 Å². The first kappa shape index (κ1) is 103. The topological polar surface area (TPSA) is 0 Å². The average molecular weight is 860 g/mol. The van der Waals surface area contributed by atoms with Gasteiger partial charge in [-0.25, -0.2) is 0 Å². The van der Waals surface area contributed by atoms with E-state index >= 15 is 0 Å². The van der Waals surface area contributed by atoms with Crippen LogP contribution in [-0.2, 0) is 131 Å². The summed E-state index contributed by atoms with van der Waals surface area (Å²) >= 11 is 0. The summed E-state index contributed by atoms with van der Waals surface area (Å²) in [6.45, 7) is 22.7. The third-order valence-corrected chi connectivity index (χ3v) is 0.866. The maximum absolute atomic E-state index is 2.25. The van der Waals surface area contributed by atoms with Gasteiger partial charge in [-0.15, -0.1) is 0 Å². The van der Waals surface area contributed by atoms with E-state index in [-0.39, 0.29) is 192 Å². The van der Waals surface area contributed by atoms with Gasteiger partial charge in [0, 0.05) is 131 Å². The van der Waals surface area contributed by atoms with E-state index in [4.69, 9.17) is 0 Å². The van der Waals surface area contributed by atoms with Crippen molar-refractivity contribution in [1.82, 2.24) is 0 Å². The van der Waals surface area contributed by atoms with Crippen molar-refractivity contribution in [2.45, 2.75) is 89.0 Å². The Hall–Kier alpha value is 5.47. The van der Waals surface area contributed by atoms with Crippen molar-refractivity contribution >= 4 is 0 Å². The van der Waals surface area contributed by atoms with E-state index in [9.17, 15) is 0 Å². The Kier molecular flexibility index (Phi) is 783. The van der Waals surface area contributed by atoms with E-state index in [1.54, 1.807) is 0 Å². The third-order valence-electron chi connectivity index (χ3n) is 0.866. The van der Waals surface area contributed by atoms with Gasteiger partial charge in [0.25, 0.3) is 0 Å². The van der Waals surface area contributed by atoms with Crippen LogP contribution in [0, 0.1) is 66.7 Å². The van der Waals surface area contributed by atoms with Gasteiger partial charge in [-0.2, -0.15) is 0 Å². The summed E-state index contributed by atoms with van der Waals surface area (Å²) in [5.41, 5.74) is 0. The molecule has 0 aromatic heterocycles. The molecule has 0 atom stereocenters. The Morgan fingerprint density at radius 2 is 0.652 bits per heavy atom. The molecule has 0 heterocycles. The Balaban J connectivity index is -0.00000000363. The summed E-state index contributed by atoms with van der Waals surface area (Å²) in [6, 6.07) is 0. The molecule has 4 radical (unpaired) electrons. The van der Waals surface area contributed by atoms with Crippen LogP contribution < -0.4 is 0 Å². The molecule has 0 aliphatic carbocycles. The van der Waals surface area contributed by atoms with Crippen LogP contribution in [0.3, 0.4) is 0 Å². The van der Waals surface area contributed by atoms with E-state index in [0.717, 1.165) is 5.92 Å². The van der Waals surface area contributed by atoms with Crippen molar-refractivity contribution < 1.29 is 162 Å². The first-order valence-electron chi connectivity index (χ1n) is 6.77. The molecule has 0 fully saturated rings. The molecule has 0 saturated carbocycles. The second kappa shape index (κ2) is 176. The van der Waals surface area contributed by atoms with Gasteiger partial charge in [-0.3, -0.25) is 0 Å². The molecular formula is C18H50UY4-2. The minimum Gasteiger partial charge on any atom is -0.358 e. The van der Waals surface area contributed by atoms with Crippen LogP contribution in [-0.4, -0.2) is 0 Å². The van der Waals surface area contributed by atoms with Gasteiger partial charge in [-0.05, 0) is 5.92 Å². The Labute approximate surface area is 280 Å². The SMILES string of the molecule is CC.CC.CC.CC.CCCC(C)C.[CH3-].[CH3-].[CH3-].[CH3-].[U+2].[Y].[Y].[Y].[Y]. The zero-order valence-corrected chi connectivity index (χ0v) is 35.3. The van der Waals surface area contributed by atoms with Crippen molar-refractivity contribution in [3.8, 4) is 0 Å². The molecule has 0 bridgehead atoms. The Morgan fingerprint density at radius 3 is 0.652 bits per heavy atom. The molecule has 0 aromatic carbocycles. The van der Waals surface area contributed by atoms with Crippen LogP contribution in [0.2, 0.25) is 0 Å². The van der Waals surface area contributed by atoms with Gasteiger partial charge in [0.2, 0.25) is 0 Å². The first-order valence-corrected chi connectivity index (χ1v) is 6.77. The van der Waals surface area contributed by atoms with Gasteiger partial charge >= 0.3 is 31.1 Å². The molecule has 0 rings (SSSR count). The summed E-state index contributed by atoms with van der Waals surface area (Å²) in [5.74, 6) is 0.898. The fraction of sp³-hybridized carbons (Fsp3) is 0.778. The third kappa shape index (κ3) is 248. The zero-order valence-electron chi connectivity index (χ0n) is 19.8. The largest absolute Gasteiger partial charge is 2.00 e. The molecule has 0 unspecified atom stereocenters. The monoisotopic (exact) mass is 860 g/mol. The predicted molar refractivity (Wildman–Crippen MR) is 101 cm³/mol. The Bertz CT molecular complexity index is 42.2. The molecular weight excluding hydrogens is 810 g/mol. The van der Waals surface area contributed by atoms with E-state index in [2.05, 4.69) is 20.8 Å². The van der Waals surface area contributed by atoms with E-state index < -0.39 is 0 Å². The molecule has 5 heteroatoms. The van der Waals surface area contributed by atoms with E-state index in [1.165, 1.54) is 12.8 Å². The molecule has 0 saturated heterocycles. The molecule has 23 heavy (non-hydrogen) atoms. The van der Waals surface area contributed by atoms with Crippen molar-refractivity contribution in [2.75, 3.05) is 0 Å². The Morgan fingerprint density at radius 1 is 0.522 bits per heavy atom. The van der Waals surface area contributed by atoms with E-state index in [1.807, 2.05) is 55.4 Å². The molecule has 0 spiro atoms. The fourth-order valence-electron chi connectivity index (χ4n) is 0.577. The smallest absolute Gasteiger partial charge is 0.358 e. The normalized spacial score (nSPS) is 3.65. The van der Waals surface area contributed by atoms with Gasteiger partial charge in [-0.1, -0.05) is 89.0 Å². The summed E-state index contributed by atoms with van der Waals surface area (Å²) < 4.78 is 0. The molecule has 0 amide bonds. The molecule has 0 aliphatic rings. The minimum absolute atomic E-state index is 0. The number of rotatable bonds is 2. The molecule has 0 aliphatic heterocycles. The number of hydrogen-bond acceptors (Lipinski definition) is 0. The second-order valence-electron chi connectivity index (χ2n) is 2.18. The standard InChI is InChI=1S/C6H14.4C2H6.4CH3.U.4Y/c1-4-5-6(2)3;4*1-2;;;;;;;;;/h6H,4-5H2,1-3H3;4*1-2H3;4*1H3;;;;;/q;;;;;4*-1;+2;;;;. The van der Waals surface area contributed by atoms with Gasteiger partial charge < -0.3 is 29.7 Å². The van der Waals surface area contributed by atoms with Crippen LogP contribution in [0.15, 0.2) is 0 Å². The fourth-order valence-corrected chi connectivity index (χ4v) is 0.577. The predicted octanol–water partition coefficient (Wildman–Crippen LogP) is 8.34. The maximum atomic E-state index is 2.25. The molecule has 0 N–H and O–H groups in total. The van der Waals surface area contributed by atoms with Gasteiger partial charge in [0.15, 0.2) is 0 Å². The summed E-state index contributed by atoms with van der Waals surface area (Å²) in [5, 5.41) is 0. The van der Waals surface area contributed by atoms with Crippen LogP contribution in [0.5, 0.6) is 0 Å². The molecule has 0 aromatic rings. The van der Waals surface area contributed by atoms with Gasteiger partial charge in [0.1, 0.15) is 0 Å². The van der Waals surface area contributed by atoms with Crippen LogP contribution in [0.1, 0.15) is 89.0 Å². The molecule has 140 valence electrons. The average Bonchev–Trinajstić information content (AvgIpc) is 2.29. The summed E-state index contributed by atoms with van der Waals surface area (Å²) in [4.78, 5) is 0. The summed E-state index contributed by atoms with van der Waals surface area (Å²) in [7, 11) is 0. The summed E-state index contributed by atoms with van der Waals surface area (Å²) in [6.07, 6.45) is 2.71. The van der Waals surface area contributed by atoms with E-state index in [0.29, 0.717) is 0 Å². The van der Waals surface area contributed by atoms with Crippen LogP contribution >= 0.6 is 0 Å². The van der Waals surface area contributed by atoms with Crippen molar-refractivity contribution in [1.29, 1.82) is 0 Å². The zero-order chi connectivity index (χ0) is 13.0. The minimum atomic E-state index is 0. The number of hydrogen-bond donors (Lipinski definition) is 0. The maximum Gasteiger partial charge on any atom is 2.00 e. The van der Waals surface area contributed by atoms with Gasteiger partial charge in [0.05, 0.1) is 0 Å². The van der Waals surface area contributed by atoms with Crippen molar-refractivity contribution in [2.24, 2.45) is 5.92 Å². The van der Waals surface area contributed by atoms with Crippen molar-refractivity contribution in [3.63, 3.8) is 0 Å². The first-order chi connectivity index (χ1) is 6.77. The van der Waals surface area contributed by atoms with Crippen LogP contribution in [0.4, 0.5) is 0 Å².